The minimum Gasteiger partial charge on any atom is -0.370 e. The molecule has 4 N–H and O–H groups in total. The van der Waals surface area contributed by atoms with Crippen LogP contribution in [-0.2, 0) is 11.2 Å². The number of carbonyl (C=O) groups excluding carboxylic acids is 1. The largest absolute Gasteiger partial charge is 0.370 e. The Morgan fingerprint density at radius 3 is 2.58 bits per heavy atom. The van der Waals surface area contributed by atoms with Gasteiger partial charge in [0.15, 0.2) is 0 Å². The Morgan fingerprint density at radius 2 is 2.00 bits per heavy atom. The van der Waals surface area contributed by atoms with Crippen LogP contribution in [-0.4, -0.2) is 28.5 Å². The molecule has 1 aromatic heterocycles. The van der Waals surface area contributed by atoms with Crippen LogP contribution in [0.5, 0.6) is 0 Å². The molecule has 0 bridgehead atoms. The van der Waals surface area contributed by atoms with Crippen LogP contribution in [0.25, 0.3) is 0 Å². The number of primary amides is 1. The molecule has 0 radical (unpaired) electrons. The molecule has 1 amide bonds. The van der Waals surface area contributed by atoms with E-state index in [0.717, 1.165) is 37.2 Å². The molecule has 6 heteroatoms. The number of anilines is 2. The first-order chi connectivity index (χ1) is 9.10. The zero-order valence-corrected chi connectivity index (χ0v) is 11.9. The monoisotopic (exact) mass is 265 g/mol. The topological polar surface area (TPSA) is 92.9 Å². The van der Waals surface area contributed by atoms with Crippen LogP contribution < -0.4 is 16.4 Å². The number of nitrogens with two attached hydrogens (primary N) is 1. The van der Waals surface area contributed by atoms with Crippen LogP contribution in [0.2, 0.25) is 0 Å². The Morgan fingerprint density at radius 1 is 1.32 bits per heavy atom. The van der Waals surface area contributed by atoms with E-state index in [1.54, 1.807) is 6.92 Å². The van der Waals surface area contributed by atoms with Crippen molar-refractivity contribution in [3.63, 3.8) is 0 Å². The number of rotatable bonds is 8. The molecule has 0 fully saturated rings. The fraction of sp³-hybridized carbons (Fsp3) is 0.615. The third-order valence-electron chi connectivity index (χ3n) is 2.77. The Hall–Kier alpha value is -1.85. The number of nitrogens with zero attached hydrogens (tertiary/aromatic N) is 2. The molecule has 1 unspecified atom stereocenters. The summed E-state index contributed by atoms with van der Waals surface area (Å²) >= 11 is 0. The summed E-state index contributed by atoms with van der Waals surface area (Å²) in [6.45, 7) is 6.78. The first kappa shape index (κ1) is 15.2. The summed E-state index contributed by atoms with van der Waals surface area (Å²) < 4.78 is 0. The van der Waals surface area contributed by atoms with Crippen LogP contribution in [0, 0.1) is 0 Å². The fourth-order valence-corrected chi connectivity index (χ4v) is 1.70. The lowest BCUT2D eigenvalue weighted by atomic mass is 10.1. The van der Waals surface area contributed by atoms with Crippen molar-refractivity contribution in [1.29, 1.82) is 0 Å². The molecule has 0 aromatic carbocycles. The SMILES string of the molecule is CCCNc1ncnc(NC(C)C(N)=O)c1CCC. The van der Waals surface area contributed by atoms with Gasteiger partial charge in [-0.3, -0.25) is 4.79 Å². The van der Waals surface area contributed by atoms with E-state index in [4.69, 9.17) is 5.73 Å². The van der Waals surface area contributed by atoms with E-state index < -0.39 is 11.9 Å². The fourth-order valence-electron chi connectivity index (χ4n) is 1.70. The zero-order valence-electron chi connectivity index (χ0n) is 11.9. The smallest absolute Gasteiger partial charge is 0.239 e. The zero-order chi connectivity index (χ0) is 14.3. The van der Waals surface area contributed by atoms with Gasteiger partial charge in [0.05, 0.1) is 0 Å². The molecule has 1 rings (SSSR count). The van der Waals surface area contributed by atoms with Crippen molar-refractivity contribution in [2.75, 3.05) is 17.2 Å². The Kier molecular flexibility index (Phi) is 6.05. The Bertz CT molecular complexity index is 421. The van der Waals surface area contributed by atoms with Crippen molar-refractivity contribution in [1.82, 2.24) is 9.97 Å². The van der Waals surface area contributed by atoms with E-state index in [9.17, 15) is 4.79 Å². The van der Waals surface area contributed by atoms with Gasteiger partial charge in [0.1, 0.15) is 24.0 Å². The van der Waals surface area contributed by atoms with Gasteiger partial charge in [0.25, 0.3) is 0 Å². The second-order valence-corrected chi connectivity index (χ2v) is 4.49. The Labute approximate surface area is 114 Å². The number of aromatic nitrogens is 2. The quantitative estimate of drug-likeness (QED) is 0.663. The van der Waals surface area contributed by atoms with Crippen molar-refractivity contribution < 1.29 is 4.79 Å². The predicted molar refractivity (Wildman–Crippen MR) is 77.1 cm³/mol. The standard InChI is InChI=1S/C13H23N5O/c1-4-6-10-12(15-7-5-2)16-8-17-13(10)18-9(3)11(14)19/h8-9H,4-7H2,1-3H3,(H2,14,19)(H2,15,16,17,18). The molecule has 19 heavy (non-hydrogen) atoms. The summed E-state index contributed by atoms with van der Waals surface area (Å²) in [5.74, 6) is 1.11. The number of hydrogen-bond donors (Lipinski definition) is 3. The average molecular weight is 265 g/mol. The van der Waals surface area contributed by atoms with Gasteiger partial charge in [-0.2, -0.15) is 0 Å². The van der Waals surface area contributed by atoms with E-state index in [2.05, 4.69) is 34.4 Å². The number of carbonyl (C=O) groups is 1. The minimum absolute atomic E-state index is 0.399. The molecule has 1 heterocycles. The maximum Gasteiger partial charge on any atom is 0.239 e. The maximum atomic E-state index is 11.1. The molecule has 0 saturated carbocycles. The van der Waals surface area contributed by atoms with Gasteiger partial charge in [-0.05, 0) is 19.8 Å². The van der Waals surface area contributed by atoms with E-state index in [1.165, 1.54) is 6.33 Å². The van der Waals surface area contributed by atoms with Crippen molar-refractivity contribution in [2.45, 2.75) is 46.1 Å². The Balaban J connectivity index is 2.97. The number of nitrogens with one attached hydrogen (secondary N) is 2. The lowest BCUT2D eigenvalue weighted by Gasteiger charge is -2.17. The van der Waals surface area contributed by atoms with E-state index in [0.29, 0.717) is 5.82 Å². The van der Waals surface area contributed by atoms with Crippen molar-refractivity contribution in [2.24, 2.45) is 5.73 Å². The van der Waals surface area contributed by atoms with Crippen LogP contribution in [0.3, 0.4) is 0 Å². The predicted octanol–water partition coefficient (Wildman–Crippen LogP) is 1.54. The number of amides is 1. The van der Waals surface area contributed by atoms with Gasteiger partial charge in [-0.1, -0.05) is 20.3 Å². The summed E-state index contributed by atoms with van der Waals surface area (Å²) in [5.41, 5.74) is 6.27. The second-order valence-electron chi connectivity index (χ2n) is 4.49. The molecular weight excluding hydrogens is 242 g/mol. The summed E-state index contributed by atoms with van der Waals surface area (Å²) in [6.07, 6.45) is 4.34. The summed E-state index contributed by atoms with van der Waals surface area (Å²) in [4.78, 5) is 19.6. The van der Waals surface area contributed by atoms with Gasteiger partial charge in [-0.15, -0.1) is 0 Å². The summed E-state index contributed by atoms with van der Waals surface area (Å²) in [6, 6.07) is -0.454. The molecule has 1 aromatic rings. The average Bonchev–Trinajstić information content (AvgIpc) is 2.39. The van der Waals surface area contributed by atoms with Crippen LogP contribution in [0.15, 0.2) is 6.33 Å². The summed E-state index contributed by atoms with van der Waals surface area (Å²) in [7, 11) is 0. The van der Waals surface area contributed by atoms with Gasteiger partial charge in [0.2, 0.25) is 5.91 Å². The molecule has 0 saturated heterocycles. The molecule has 0 aliphatic heterocycles. The van der Waals surface area contributed by atoms with E-state index in [1.807, 2.05) is 0 Å². The van der Waals surface area contributed by atoms with Crippen molar-refractivity contribution in [3.05, 3.63) is 11.9 Å². The van der Waals surface area contributed by atoms with Crippen LogP contribution in [0.4, 0.5) is 11.6 Å². The first-order valence-electron chi connectivity index (χ1n) is 6.73. The second kappa shape index (κ2) is 7.56. The molecule has 0 aliphatic rings. The molecule has 6 nitrogen and oxygen atoms in total. The summed E-state index contributed by atoms with van der Waals surface area (Å²) in [5, 5.41) is 6.33. The molecule has 0 spiro atoms. The highest BCUT2D eigenvalue weighted by molar-refractivity contribution is 5.82. The third-order valence-corrected chi connectivity index (χ3v) is 2.77. The van der Waals surface area contributed by atoms with Gasteiger partial charge in [-0.25, -0.2) is 9.97 Å². The van der Waals surface area contributed by atoms with E-state index in [-0.39, 0.29) is 0 Å². The molecule has 0 aliphatic carbocycles. The highest BCUT2D eigenvalue weighted by atomic mass is 16.1. The lowest BCUT2D eigenvalue weighted by Crippen LogP contribution is -2.33. The maximum absolute atomic E-state index is 11.1. The van der Waals surface area contributed by atoms with Crippen molar-refractivity contribution >= 4 is 17.5 Å². The highest BCUT2D eigenvalue weighted by Gasteiger charge is 2.14. The van der Waals surface area contributed by atoms with Gasteiger partial charge in [0, 0.05) is 12.1 Å². The molecular formula is C13H23N5O. The molecule has 106 valence electrons. The van der Waals surface area contributed by atoms with Crippen molar-refractivity contribution in [3.8, 4) is 0 Å². The first-order valence-corrected chi connectivity index (χ1v) is 6.73. The van der Waals surface area contributed by atoms with Gasteiger partial charge >= 0.3 is 0 Å². The van der Waals surface area contributed by atoms with Crippen LogP contribution in [0.1, 0.15) is 39.2 Å². The normalized spacial score (nSPS) is 11.9. The minimum atomic E-state index is -0.454. The van der Waals surface area contributed by atoms with Gasteiger partial charge < -0.3 is 16.4 Å². The van der Waals surface area contributed by atoms with Crippen LogP contribution >= 0.6 is 0 Å². The van der Waals surface area contributed by atoms with E-state index >= 15 is 0 Å². The lowest BCUT2D eigenvalue weighted by molar-refractivity contribution is -0.118. The number of hydrogen-bond acceptors (Lipinski definition) is 5. The third kappa shape index (κ3) is 4.39. The molecule has 1 atom stereocenters. The highest BCUT2D eigenvalue weighted by Crippen LogP contribution is 2.22.